The first-order valence-electron chi connectivity index (χ1n) is 4.82. The van der Waals surface area contributed by atoms with E-state index in [2.05, 4.69) is 25.2 Å². The molecule has 0 spiro atoms. The second kappa shape index (κ2) is 7.33. The van der Waals surface area contributed by atoms with E-state index in [0.717, 1.165) is 5.57 Å². The topological polar surface area (TPSA) is 49.3 Å². The molecule has 0 aromatic rings. The Hall–Kier alpha value is -1.09. The lowest BCUT2D eigenvalue weighted by atomic mass is 10.1. The number of carbonyl (C=O) groups is 1. The Morgan fingerprint density at radius 2 is 2.07 bits per heavy atom. The summed E-state index contributed by atoms with van der Waals surface area (Å²) in [6.45, 7) is 6.76. The van der Waals surface area contributed by atoms with E-state index in [0.29, 0.717) is 12.5 Å². The SMILES string of the molecule is CC=CC(=CC(C)C)CNCC(=O)O. The van der Waals surface area contributed by atoms with Gasteiger partial charge in [-0.15, -0.1) is 0 Å². The fourth-order valence-corrected chi connectivity index (χ4v) is 1.13. The number of carboxylic acids is 1. The molecule has 0 radical (unpaired) electrons. The molecule has 14 heavy (non-hydrogen) atoms. The molecular formula is C11H19NO2. The van der Waals surface area contributed by atoms with Crippen LogP contribution in [0.5, 0.6) is 0 Å². The Bertz CT molecular complexity index is 229. The summed E-state index contributed by atoms with van der Waals surface area (Å²) in [5, 5.41) is 11.3. The van der Waals surface area contributed by atoms with Gasteiger partial charge in [0, 0.05) is 6.54 Å². The highest BCUT2D eigenvalue weighted by molar-refractivity contribution is 5.69. The first-order valence-corrected chi connectivity index (χ1v) is 4.82. The average Bonchev–Trinajstić information content (AvgIpc) is 2.02. The minimum atomic E-state index is -0.825. The van der Waals surface area contributed by atoms with Crippen LogP contribution in [0, 0.1) is 5.92 Å². The molecule has 0 amide bonds. The Labute approximate surface area is 85.5 Å². The number of nitrogens with one attached hydrogen (secondary N) is 1. The quantitative estimate of drug-likeness (QED) is 0.638. The number of allylic oxidation sites excluding steroid dienone is 2. The summed E-state index contributed by atoms with van der Waals surface area (Å²) in [7, 11) is 0. The fraction of sp³-hybridized carbons (Fsp3) is 0.545. The van der Waals surface area contributed by atoms with Gasteiger partial charge in [0.05, 0.1) is 6.54 Å². The van der Waals surface area contributed by atoms with Crippen molar-refractivity contribution in [3.8, 4) is 0 Å². The predicted molar refractivity (Wildman–Crippen MR) is 58.2 cm³/mol. The van der Waals surface area contributed by atoms with Crippen LogP contribution in [-0.4, -0.2) is 24.2 Å². The van der Waals surface area contributed by atoms with Crippen LogP contribution in [0.25, 0.3) is 0 Å². The molecule has 0 saturated carbocycles. The van der Waals surface area contributed by atoms with Crippen molar-refractivity contribution in [1.29, 1.82) is 0 Å². The lowest BCUT2D eigenvalue weighted by Crippen LogP contribution is -2.24. The summed E-state index contributed by atoms with van der Waals surface area (Å²) in [6.07, 6.45) is 6.07. The van der Waals surface area contributed by atoms with Crippen molar-refractivity contribution in [1.82, 2.24) is 5.32 Å². The van der Waals surface area contributed by atoms with Crippen LogP contribution >= 0.6 is 0 Å². The molecule has 0 rings (SSSR count). The van der Waals surface area contributed by atoms with E-state index in [4.69, 9.17) is 5.11 Å². The second-order valence-electron chi connectivity index (χ2n) is 3.48. The predicted octanol–water partition coefficient (Wildman–Crippen LogP) is 1.82. The van der Waals surface area contributed by atoms with Gasteiger partial charge < -0.3 is 10.4 Å². The van der Waals surface area contributed by atoms with Gasteiger partial charge in [-0.1, -0.05) is 32.1 Å². The first-order chi connectivity index (χ1) is 6.56. The summed E-state index contributed by atoms with van der Waals surface area (Å²) < 4.78 is 0. The highest BCUT2D eigenvalue weighted by Gasteiger charge is 1.97. The van der Waals surface area contributed by atoms with E-state index < -0.39 is 5.97 Å². The molecule has 0 unspecified atom stereocenters. The maximum atomic E-state index is 10.3. The van der Waals surface area contributed by atoms with Gasteiger partial charge in [-0.25, -0.2) is 0 Å². The molecule has 0 heterocycles. The third-order valence-electron chi connectivity index (χ3n) is 1.53. The third kappa shape index (κ3) is 7.55. The highest BCUT2D eigenvalue weighted by atomic mass is 16.4. The van der Waals surface area contributed by atoms with Gasteiger partial charge in [-0.3, -0.25) is 4.79 Å². The van der Waals surface area contributed by atoms with Gasteiger partial charge in [0.1, 0.15) is 0 Å². The molecule has 0 aliphatic rings. The zero-order chi connectivity index (χ0) is 11.0. The number of hydrogen-bond acceptors (Lipinski definition) is 2. The molecule has 0 aromatic carbocycles. The molecule has 80 valence electrons. The third-order valence-corrected chi connectivity index (χ3v) is 1.53. The molecule has 3 heteroatoms. The minimum absolute atomic E-state index is 0.00693. The Kier molecular flexibility index (Phi) is 6.76. The van der Waals surface area contributed by atoms with Crippen molar-refractivity contribution >= 4 is 5.97 Å². The normalized spacial score (nSPS) is 12.7. The van der Waals surface area contributed by atoms with Crippen LogP contribution in [0.15, 0.2) is 23.8 Å². The largest absolute Gasteiger partial charge is 0.480 e. The van der Waals surface area contributed by atoms with Crippen molar-refractivity contribution in [2.75, 3.05) is 13.1 Å². The van der Waals surface area contributed by atoms with Gasteiger partial charge in [0.2, 0.25) is 0 Å². The van der Waals surface area contributed by atoms with Crippen molar-refractivity contribution in [2.45, 2.75) is 20.8 Å². The van der Waals surface area contributed by atoms with E-state index in [1.54, 1.807) is 0 Å². The van der Waals surface area contributed by atoms with Gasteiger partial charge in [-0.05, 0) is 18.4 Å². The molecule has 2 N–H and O–H groups in total. The smallest absolute Gasteiger partial charge is 0.317 e. The number of carboxylic acid groups (broad SMARTS) is 1. The molecule has 0 aromatic heterocycles. The van der Waals surface area contributed by atoms with Crippen LogP contribution in [-0.2, 0) is 4.79 Å². The Morgan fingerprint density at radius 1 is 1.43 bits per heavy atom. The molecule has 0 aliphatic carbocycles. The first kappa shape index (κ1) is 12.9. The second-order valence-corrected chi connectivity index (χ2v) is 3.48. The van der Waals surface area contributed by atoms with Crippen molar-refractivity contribution in [2.24, 2.45) is 5.92 Å². The summed E-state index contributed by atoms with van der Waals surface area (Å²) >= 11 is 0. The van der Waals surface area contributed by atoms with E-state index in [9.17, 15) is 4.79 Å². The molecule has 0 atom stereocenters. The van der Waals surface area contributed by atoms with Gasteiger partial charge >= 0.3 is 5.97 Å². The summed E-state index contributed by atoms with van der Waals surface area (Å²) in [5.41, 5.74) is 1.13. The van der Waals surface area contributed by atoms with E-state index in [-0.39, 0.29) is 6.54 Å². The maximum absolute atomic E-state index is 10.3. The number of hydrogen-bond donors (Lipinski definition) is 2. The van der Waals surface area contributed by atoms with Crippen LogP contribution in [0.3, 0.4) is 0 Å². The van der Waals surface area contributed by atoms with E-state index in [1.165, 1.54) is 0 Å². The zero-order valence-corrected chi connectivity index (χ0v) is 9.08. The van der Waals surface area contributed by atoms with Crippen molar-refractivity contribution < 1.29 is 9.90 Å². The van der Waals surface area contributed by atoms with Gasteiger partial charge in [-0.2, -0.15) is 0 Å². The Morgan fingerprint density at radius 3 is 2.50 bits per heavy atom. The monoisotopic (exact) mass is 197 g/mol. The van der Waals surface area contributed by atoms with Gasteiger partial charge in [0.25, 0.3) is 0 Å². The average molecular weight is 197 g/mol. The van der Waals surface area contributed by atoms with Crippen molar-refractivity contribution in [3.05, 3.63) is 23.8 Å². The molecule has 0 fully saturated rings. The van der Waals surface area contributed by atoms with Crippen LogP contribution in [0.2, 0.25) is 0 Å². The van der Waals surface area contributed by atoms with Crippen LogP contribution < -0.4 is 5.32 Å². The lowest BCUT2D eigenvalue weighted by Gasteiger charge is -2.05. The lowest BCUT2D eigenvalue weighted by molar-refractivity contribution is -0.135. The maximum Gasteiger partial charge on any atom is 0.317 e. The summed E-state index contributed by atoms with van der Waals surface area (Å²) in [6, 6.07) is 0. The molecule has 0 aliphatic heterocycles. The summed E-state index contributed by atoms with van der Waals surface area (Å²) in [5.74, 6) is -0.345. The van der Waals surface area contributed by atoms with Gasteiger partial charge in [0.15, 0.2) is 0 Å². The highest BCUT2D eigenvalue weighted by Crippen LogP contribution is 2.02. The van der Waals surface area contributed by atoms with Crippen molar-refractivity contribution in [3.63, 3.8) is 0 Å². The Balaban J connectivity index is 4.04. The van der Waals surface area contributed by atoms with Crippen LogP contribution in [0.4, 0.5) is 0 Å². The standard InChI is InChI=1S/C11H19NO2/c1-4-5-10(6-9(2)3)7-12-8-11(13)14/h4-6,9,12H,7-8H2,1-3H3,(H,13,14). The minimum Gasteiger partial charge on any atom is -0.480 e. The number of rotatable bonds is 6. The molecular weight excluding hydrogens is 178 g/mol. The molecule has 0 bridgehead atoms. The molecule has 0 saturated heterocycles. The number of aliphatic carboxylic acids is 1. The zero-order valence-electron chi connectivity index (χ0n) is 9.08. The van der Waals surface area contributed by atoms with Crippen LogP contribution in [0.1, 0.15) is 20.8 Å². The fourth-order valence-electron chi connectivity index (χ4n) is 1.13. The van der Waals surface area contributed by atoms with E-state index >= 15 is 0 Å². The van der Waals surface area contributed by atoms with E-state index in [1.807, 2.05) is 19.1 Å². The summed E-state index contributed by atoms with van der Waals surface area (Å²) in [4.78, 5) is 10.3. The molecule has 3 nitrogen and oxygen atoms in total.